The average molecular weight is 321 g/mol. The number of halogens is 2. The number of ether oxygens (including phenoxy) is 2. The summed E-state index contributed by atoms with van der Waals surface area (Å²) in [7, 11) is 3.05. The van der Waals surface area contributed by atoms with E-state index in [-0.39, 0.29) is 18.1 Å². The maximum Gasteiger partial charge on any atom is 0.193 e. The fourth-order valence-electron chi connectivity index (χ4n) is 1.92. The van der Waals surface area contributed by atoms with Crippen molar-refractivity contribution in [3.63, 3.8) is 0 Å². The number of nitrogens with two attached hydrogens (primary N) is 1. The van der Waals surface area contributed by atoms with Crippen LogP contribution in [0.15, 0.2) is 41.4 Å². The summed E-state index contributed by atoms with van der Waals surface area (Å²) in [6, 6.07) is 8.31. The Hall–Kier alpha value is -2.83. The summed E-state index contributed by atoms with van der Waals surface area (Å²) in [6.07, 6.45) is 0. The molecule has 7 heteroatoms. The van der Waals surface area contributed by atoms with Crippen molar-refractivity contribution in [1.29, 1.82) is 0 Å². The molecular formula is C16H17F2N3O2. The zero-order valence-corrected chi connectivity index (χ0v) is 12.8. The highest BCUT2D eigenvalue weighted by Gasteiger charge is 2.07. The fraction of sp³-hybridized carbons (Fsp3) is 0.188. The van der Waals surface area contributed by atoms with E-state index in [1.54, 1.807) is 18.2 Å². The Morgan fingerprint density at radius 3 is 2.61 bits per heavy atom. The summed E-state index contributed by atoms with van der Waals surface area (Å²) in [5.74, 6) is 0.123. The van der Waals surface area contributed by atoms with Crippen LogP contribution in [0.4, 0.5) is 14.5 Å². The second-order valence-corrected chi connectivity index (χ2v) is 4.63. The van der Waals surface area contributed by atoms with E-state index in [1.165, 1.54) is 14.2 Å². The van der Waals surface area contributed by atoms with Crippen LogP contribution in [0, 0.1) is 11.6 Å². The van der Waals surface area contributed by atoms with Crippen molar-refractivity contribution in [3.8, 4) is 11.5 Å². The highest BCUT2D eigenvalue weighted by atomic mass is 19.1. The van der Waals surface area contributed by atoms with Crippen LogP contribution >= 0.6 is 0 Å². The Bertz CT molecular complexity index is 720. The fourth-order valence-corrected chi connectivity index (χ4v) is 1.92. The number of hydrogen-bond donors (Lipinski definition) is 2. The number of nitrogens with zero attached hydrogens (tertiary/aromatic N) is 1. The summed E-state index contributed by atoms with van der Waals surface area (Å²) in [6.45, 7) is -0.0886. The van der Waals surface area contributed by atoms with Gasteiger partial charge in [0.25, 0.3) is 0 Å². The highest BCUT2D eigenvalue weighted by molar-refractivity contribution is 5.94. The van der Waals surface area contributed by atoms with Gasteiger partial charge < -0.3 is 20.5 Å². The van der Waals surface area contributed by atoms with Crippen molar-refractivity contribution in [2.45, 2.75) is 6.54 Å². The predicted molar refractivity (Wildman–Crippen MR) is 84.9 cm³/mol. The second kappa shape index (κ2) is 7.44. The van der Waals surface area contributed by atoms with Crippen LogP contribution in [0.2, 0.25) is 0 Å². The molecule has 23 heavy (non-hydrogen) atoms. The summed E-state index contributed by atoms with van der Waals surface area (Å²) < 4.78 is 37.0. The van der Waals surface area contributed by atoms with Crippen LogP contribution in [0.1, 0.15) is 5.56 Å². The number of benzene rings is 2. The van der Waals surface area contributed by atoms with Crippen LogP contribution in [-0.2, 0) is 6.54 Å². The van der Waals surface area contributed by atoms with Crippen LogP contribution < -0.4 is 20.5 Å². The molecule has 0 aromatic heterocycles. The van der Waals surface area contributed by atoms with Crippen LogP contribution in [0.3, 0.4) is 0 Å². The van der Waals surface area contributed by atoms with E-state index in [2.05, 4.69) is 10.3 Å². The lowest BCUT2D eigenvalue weighted by molar-refractivity contribution is 0.405. The molecule has 0 aliphatic rings. The number of anilines is 1. The van der Waals surface area contributed by atoms with E-state index in [1.807, 2.05) is 0 Å². The topological polar surface area (TPSA) is 68.9 Å². The maximum atomic E-state index is 13.5. The van der Waals surface area contributed by atoms with Crippen LogP contribution in [-0.4, -0.2) is 20.2 Å². The molecule has 0 aliphatic carbocycles. The standard InChI is InChI=1S/C16H17F2N3O2/c1-22-12-4-6-15(23-2)14(8-12)21-16(19)20-9-10-7-11(17)3-5-13(10)18/h3-8H,9H2,1-2H3,(H3,19,20,21). The van der Waals surface area contributed by atoms with Crippen molar-refractivity contribution in [2.24, 2.45) is 10.7 Å². The quantitative estimate of drug-likeness (QED) is 0.656. The Labute approximate surface area is 132 Å². The number of methoxy groups -OCH3 is 2. The lowest BCUT2D eigenvalue weighted by Gasteiger charge is -2.12. The van der Waals surface area contributed by atoms with Gasteiger partial charge >= 0.3 is 0 Å². The summed E-state index contributed by atoms with van der Waals surface area (Å²) >= 11 is 0. The molecule has 2 aromatic rings. The van der Waals surface area contributed by atoms with Crippen molar-refractivity contribution in [1.82, 2.24) is 0 Å². The molecule has 0 unspecified atom stereocenters. The minimum absolute atomic E-state index is 0.0419. The second-order valence-electron chi connectivity index (χ2n) is 4.63. The Morgan fingerprint density at radius 2 is 1.91 bits per heavy atom. The highest BCUT2D eigenvalue weighted by Crippen LogP contribution is 2.28. The van der Waals surface area contributed by atoms with Gasteiger partial charge in [-0.3, -0.25) is 0 Å². The maximum absolute atomic E-state index is 13.5. The van der Waals surface area contributed by atoms with E-state index < -0.39 is 11.6 Å². The number of rotatable bonds is 5. The van der Waals surface area contributed by atoms with Gasteiger partial charge in [0.2, 0.25) is 0 Å². The molecular weight excluding hydrogens is 304 g/mol. The number of aliphatic imine (C=N–C) groups is 1. The van der Waals surface area contributed by atoms with Gasteiger partial charge in [-0.1, -0.05) is 0 Å². The van der Waals surface area contributed by atoms with E-state index >= 15 is 0 Å². The van der Waals surface area contributed by atoms with Crippen molar-refractivity contribution >= 4 is 11.6 Å². The molecule has 5 nitrogen and oxygen atoms in total. The smallest absolute Gasteiger partial charge is 0.193 e. The van der Waals surface area contributed by atoms with Gasteiger partial charge in [-0.25, -0.2) is 13.8 Å². The van der Waals surface area contributed by atoms with Gasteiger partial charge in [0.1, 0.15) is 23.1 Å². The lowest BCUT2D eigenvalue weighted by Crippen LogP contribution is -2.23. The third-order valence-electron chi connectivity index (χ3n) is 3.10. The zero-order chi connectivity index (χ0) is 16.8. The van der Waals surface area contributed by atoms with Crippen molar-refractivity contribution in [2.75, 3.05) is 19.5 Å². The number of hydrogen-bond acceptors (Lipinski definition) is 3. The largest absolute Gasteiger partial charge is 0.497 e. The molecule has 0 spiro atoms. The van der Waals surface area contributed by atoms with Gasteiger partial charge in [0, 0.05) is 11.6 Å². The van der Waals surface area contributed by atoms with Gasteiger partial charge in [0.15, 0.2) is 5.96 Å². The molecule has 0 radical (unpaired) electrons. The van der Waals surface area contributed by atoms with Crippen molar-refractivity contribution in [3.05, 3.63) is 53.6 Å². The SMILES string of the molecule is COc1ccc(OC)c(NC(N)=NCc2cc(F)ccc2F)c1. The first-order valence-electron chi connectivity index (χ1n) is 6.76. The molecule has 0 saturated heterocycles. The number of guanidine groups is 1. The summed E-state index contributed by atoms with van der Waals surface area (Å²) in [4.78, 5) is 4.00. The molecule has 2 aromatic carbocycles. The molecule has 3 N–H and O–H groups in total. The van der Waals surface area contributed by atoms with E-state index in [0.29, 0.717) is 17.2 Å². The third kappa shape index (κ3) is 4.32. The molecule has 0 saturated carbocycles. The predicted octanol–water partition coefficient (Wildman–Crippen LogP) is 2.91. The molecule has 0 heterocycles. The normalized spacial score (nSPS) is 11.2. The minimum atomic E-state index is -0.540. The molecule has 0 bridgehead atoms. The molecule has 0 aliphatic heterocycles. The van der Waals surface area contributed by atoms with E-state index in [4.69, 9.17) is 15.2 Å². The Morgan fingerprint density at radius 1 is 1.13 bits per heavy atom. The Kier molecular flexibility index (Phi) is 5.35. The average Bonchev–Trinajstić information content (AvgIpc) is 2.55. The van der Waals surface area contributed by atoms with E-state index in [0.717, 1.165) is 18.2 Å². The van der Waals surface area contributed by atoms with Crippen LogP contribution in [0.25, 0.3) is 0 Å². The third-order valence-corrected chi connectivity index (χ3v) is 3.10. The monoisotopic (exact) mass is 321 g/mol. The molecule has 122 valence electrons. The molecule has 2 rings (SSSR count). The number of nitrogens with one attached hydrogen (secondary N) is 1. The summed E-state index contributed by atoms with van der Waals surface area (Å²) in [5.41, 5.74) is 6.45. The van der Waals surface area contributed by atoms with Gasteiger partial charge in [-0.15, -0.1) is 0 Å². The van der Waals surface area contributed by atoms with E-state index in [9.17, 15) is 8.78 Å². The first-order chi connectivity index (χ1) is 11.0. The molecule has 0 fully saturated rings. The lowest BCUT2D eigenvalue weighted by atomic mass is 10.2. The summed E-state index contributed by atoms with van der Waals surface area (Å²) in [5, 5.41) is 2.85. The Balaban J connectivity index is 2.15. The first-order valence-corrected chi connectivity index (χ1v) is 6.76. The minimum Gasteiger partial charge on any atom is -0.497 e. The molecule has 0 amide bonds. The van der Waals surface area contributed by atoms with Crippen molar-refractivity contribution < 1.29 is 18.3 Å². The first kappa shape index (κ1) is 16.5. The van der Waals surface area contributed by atoms with Gasteiger partial charge in [-0.2, -0.15) is 0 Å². The van der Waals surface area contributed by atoms with Crippen LogP contribution in [0.5, 0.6) is 11.5 Å². The van der Waals surface area contributed by atoms with Gasteiger partial charge in [-0.05, 0) is 30.3 Å². The zero-order valence-electron chi connectivity index (χ0n) is 12.8. The van der Waals surface area contributed by atoms with Gasteiger partial charge in [0.05, 0.1) is 26.5 Å². The molecule has 0 atom stereocenters.